The first-order valence-corrected chi connectivity index (χ1v) is 4.85. The van der Waals surface area contributed by atoms with E-state index in [1.165, 1.54) is 13.0 Å². The second-order valence-corrected chi connectivity index (χ2v) is 3.57. The average molecular weight is 229 g/mol. The first-order valence-electron chi connectivity index (χ1n) is 4.85. The summed E-state index contributed by atoms with van der Waals surface area (Å²) in [6.45, 7) is 2.86. The van der Waals surface area contributed by atoms with Crippen molar-refractivity contribution in [1.29, 1.82) is 0 Å². The number of carbonyl (C=O) groups is 1. The minimum absolute atomic E-state index is 0.176. The number of hydrogen-bond acceptors (Lipinski definition) is 2. The Labute approximate surface area is 92.1 Å². The summed E-state index contributed by atoms with van der Waals surface area (Å²) in [5.41, 5.74) is 0.176. The molecule has 0 aliphatic heterocycles. The zero-order valence-electron chi connectivity index (χ0n) is 9.00. The van der Waals surface area contributed by atoms with E-state index in [1.807, 2.05) is 0 Å². The summed E-state index contributed by atoms with van der Waals surface area (Å²) in [4.78, 5) is 11.1. The molecule has 88 valence electrons. The van der Waals surface area contributed by atoms with Crippen molar-refractivity contribution >= 4 is 5.91 Å². The highest BCUT2D eigenvalue weighted by Gasteiger charge is 2.16. The number of aliphatic hydroxyl groups is 1. The molecule has 0 aliphatic carbocycles. The van der Waals surface area contributed by atoms with Gasteiger partial charge < -0.3 is 10.4 Å². The highest BCUT2D eigenvalue weighted by atomic mass is 19.1. The van der Waals surface area contributed by atoms with Crippen LogP contribution in [0.5, 0.6) is 0 Å². The summed E-state index contributed by atoms with van der Waals surface area (Å²) in [6, 6.07) is 2.50. The molecule has 1 aromatic carbocycles. The van der Waals surface area contributed by atoms with E-state index < -0.39 is 29.7 Å². The van der Waals surface area contributed by atoms with E-state index in [4.69, 9.17) is 5.11 Å². The zero-order chi connectivity index (χ0) is 12.3. The van der Waals surface area contributed by atoms with Gasteiger partial charge in [-0.25, -0.2) is 8.78 Å². The normalized spacial score (nSPS) is 14.3. The third kappa shape index (κ3) is 3.00. The van der Waals surface area contributed by atoms with Crippen molar-refractivity contribution in [3.63, 3.8) is 0 Å². The van der Waals surface area contributed by atoms with Gasteiger partial charge in [-0.2, -0.15) is 0 Å². The summed E-state index contributed by atoms with van der Waals surface area (Å²) in [6.07, 6.45) is -1.16. The van der Waals surface area contributed by atoms with Crippen LogP contribution in [0.1, 0.15) is 25.5 Å². The van der Waals surface area contributed by atoms with Crippen molar-refractivity contribution < 1.29 is 18.7 Å². The summed E-state index contributed by atoms with van der Waals surface area (Å²) >= 11 is 0. The van der Waals surface area contributed by atoms with Crippen LogP contribution in [0.4, 0.5) is 8.78 Å². The van der Waals surface area contributed by atoms with Crippen LogP contribution < -0.4 is 5.32 Å². The molecule has 1 rings (SSSR count). The highest BCUT2D eigenvalue weighted by Crippen LogP contribution is 2.17. The number of benzene rings is 1. The topological polar surface area (TPSA) is 49.3 Å². The predicted molar refractivity (Wildman–Crippen MR) is 54.6 cm³/mol. The first-order chi connectivity index (χ1) is 7.41. The van der Waals surface area contributed by atoms with Crippen LogP contribution in [0, 0.1) is 11.6 Å². The number of amides is 1. The van der Waals surface area contributed by atoms with E-state index in [1.54, 1.807) is 6.92 Å². The van der Waals surface area contributed by atoms with Crippen LogP contribution in [0.25, 0.3) is 0 Å². The Morgan fingerprint density at radius 2 is 2.00 bits per heavy atom. The Morgan fingerprint density at radius 1 is 1.38 bits per heavy atom. The van der Waals surface area contributed by atoms with Crippen LogP contribution in [0.2, 0.25) is 0 Å². The van der Waals surface area contributed by atoms with E-state index >= 15 is 0 Å². The minimum atomic E-state index is -1.16. The summed E-state index contributed by atoms with van der Waals surface area (Å²) in [5.74, 6) is -2.00. The molecule has 1 aromatic rings. The molecule has 1 amide bonds. The van der Waals surface area contributed by atoms with Crippen molar-refractivity contribution in [1.82, 2.24) is 5.32 Å². The monoisotopic (exact) mass is 229 g/mol. The molecule has 0 saturated heterocycles. The first kappa shape index (κ1) is 12.6. The lowest BCUT2D eigenvalue weighted by Crippen LogP contribution is -2.34. The van der Waals surface area contributed by atoms with Gasteiger partial charge >= 0.3 is 0 Å². The largest absolute Gasteiger partial charge is 0.384 e. The van der Waals surface area contributed by atoms with Crippen LogP contribution >= 0.6 is 0 Å². The second-order valence-electron chi connectivity index (χ2n) is 3.57. The third-order valence-corrected chi connectivity index (χ3v) is 2.17. The summed E-state index contributed by atoms with van der Waals surface area (Å²) in [7, 11) is 0. The van der Waals surface area contributed by atoms with Gasteiger partial charge in [0.25, 0.3) is 0 Å². The number of nitrogens with one attached hydrogen (secondary N) is 1. The second kappa shape index (κ2) is 5.03. The number of aliphatic hydroxyl groups excluding tert-OH is 1. The fourth-order valence-electron chi connectivity index (χ4n) is 1.26. The van der Waals surface area contributed by atoms with Gasteiger partial charge in [0.2, 0.25) is 5.91 Å². The maximum absolute atomic E-state index is 13.3. The molecule has 0 heterocycles. The Balaban J connectivity index is 2.80. The SMILES string of the molecule is CC(O)C(=O)NC(C)c1ccc(F)cc1F. The molecule has 2 atom stereocenters. The van der Waals surface area contributed by atoms with E-state index in [2.05, 4.69) is 5.32 Å². The molecule has 0 aliphatic rings. The third-order valence-electron chi connectivity index (χ3n) is 2.17. The molecular formula is C11H13F2NO2. The van der Waals surface area contributed by atoms with E-state index in [0.717, 1.165) is 12.1 Å². The summed E-state index contributed by atoms with van der Waals surface area (Å²) in [5, 5.41) is 11.4. The number of carbonyl (C=O) groups excluding carboxylic acids is 1. The molecule has 0 fully saturated rings. The maximum Gasteiger partial charge on any atom is 0.249 e. The van der Waals surface area contributed by atoms with Crippen molar-refractivity contribution in [3.8, 4) is 0 Å². The predicted octanol–water partition coefficient (Wildman–Crippen LogP) is 1.52. The van der Waals surface area contributed by atoms with Gasteiger partial charge in [0.1, 0.15) is 17.7 Å². The van der Waals surface area contributed by atoms with Crippen molar-refractivity contribution in [3.05, 3.63) is 35.4 Å². The van der Waals surface area contributed by atoms with Crippen molar-refractivity contribution in [2.75, 3.05) is 0 Å². The summed E-state index contributed by atoms with van der Waals surface area (Å²) < 4.78 is 25.9. The Kier molecular flexibility index (Phi) is 3.95. The van der Waals surface area contributed by atoms with Crippen LogP contribution in [-0.4, -0.2) is 17.1 Å². The van der Waals surface area contributed by atoms with Crippen LogP contribution in [0.15, 0.2) is 18.2 Å². The van der Waals surface area contributed by atoms with Gasteiger partial charge in [-0.05, 0) is 19.9 Å². The Hall–Kier alpha value is -1.49. The van der Waals surface area contributed by atoms with Gasteiger partial charge in [-0.3, -0.25) is 4.79 Å². The molecule has 3 nitrogen and oxygen atoms in total. The molecule has 2 N–H and O–H groups in total. The lowest BCUT2D eigenvalue weighted by atomic mass is 10.1. The molecular weight excluding hydrogens is 216 g/mol. The maximum atomic E-state index is 13.3. The number of hydrogen-bond donors (Lipinski definition) is 2. The van der Waals surface area contributed by atoms with E-state index in [9.17, 15) is 13.6 Å². The highest BCUT2D eigenvalue weighted by molar-refractivity contribution is 5.80. The standard InChI is InChI=1S/C11H13F2NO2/c1-6(14-11(16)7(2)15)9-4-3-8(12)5-10(9)13/h3-7,15H,1-2H3,(H,14,16). The zero-order valence-corrected chi connectivity index (χ0v) is 9.00. The fourth-order valence-corrected chi connectivity index (χ4v) is 1.26. The van der Waals surface area contributed by atoms with Crippen molar-refractivity contribution in [2.24, 2.45) is 0 Å². The molecule has 16 heavy (non-hydrogen) atoms. The minimum Gasteiger partial charge on any atom is -0.384 e. The van der Waals surface area contributed by atoms with Gasteiger partial charge in [0.15, 0.2) is 0 Å². The Morgan fingerprint density at radius 3 is 2.50 bits per heavy atom. The Bertz CT molecular complexity index is 394. The fraction of sp³-hybridized carbons (Fsp3) is 0.364. The molecule has 0 radical (unpaired) electrons. The average Bonchev–Trinajstić information content (AvgIpc) is 2.16. The molecule has 0 saturated carbocycles. The molecule has 0 bridgehead atoms. The van der Waals surface area contributed by atoms with Crippen LogP contribution in [0.3, 0.4) is 0 Å². The van der Waals surface area contributed by atoms with E-state index in [0.29, 0.717) is 0 Å². The van der Waals surface area contributed by atoms with Gasteiger partial charge in [-0.15, -0.1) is 0 Å². The number of halogens is 2. The van der Waals surface area contributed by atoms with Crippen molar-refractivity contribution in [2.45, 2.75) is 26.0 Å². The molecule has 5 heteroatoms. The molecule has 0 aromatic heterocycles. The van der Waals surface area contributed by atoms with Gasteiger partial charge in [0.05, 0.1) is 6.04 Å². The quantitative estimate of drug-likeness (QED) is 0.825. The van der Waals surface area contributed by atoms with Crippen LogP contribution in [-0.2, 0) is 4.79 Å². The molecule has 0 spiro atoms. The lowest BCUT2D eigenvalue weighted by Gasteiger charge is -2.16. The number of rotatable bonds is 3. The smallest absolute Gasteiger partial charge is 0.249 e. The van der Waals surface area contributed by atoms with Gasteiger partial charge in [-0.1, -0.05) is 6.07 Å². The van der Waals surface area contributed by atoms with Gasteiger partial charge in [0, 0.05) is 11.6 Å². The molecule has 2 unspecified atom stereocenters. The lowest BCUT2D eigenvalue weighted by molar-refractivity contribution is -0.129. The van der Waals surface area contributed by atoms with E-state index in [-0.39, 0.29) is 5.56 Å².